The van der Waals surface area contributed by atoms with Gasteiger partial charge in [0, 0.05) is 11.1 Å². The number of para-hydroxylation sites is 1. The summed E-state index contributed by atoms with van der Waals surface area (Å²) in [6, 6.07) is 11.7. The van der Waals surface area contributed by atoms with Crippen LogP contribution in [0.15, 0.2) is 48.5 Å². The van der Waals surface area contributed by atoms with E-state index in [0.29, 0.717) is 5.75 Å². The predicted octanol–water partition coefficient (Wildman–Crippen LogP) is 0.206. The topological polar surface area (TPSA) is 89.5 Å². The van der Waals surface area contributed by atoms with E-state index in [1.165, 1.54) is 0 Å². The average Bonchev–Trinajstić information content (AvgIpc) is 2.39. The van der Waals surface area contributed by atoms with E-state index in [1.54, 1.807) is 30.3 Å². The Kier molecular flexibility index (Phi) is 3.47. The summed E-state index contributed by atoms with van der Waals surface area (Å²) in [5, 5.41) is 21.7. The van der Waals surface area contributed by atoms with Crippen LogP contribution in [0.2, 0.25) is 0 Å². The first kappa shape index (κ1) is 12.6. The van der Waals surface area contributed by atoms with Crippen LogP contribution in [0.1, 0.15) is 20.7 Å². The maximum absolute atomic E-state index is 10.9. The number of carbonyl (C=O) groups is 2. The standard InChI is InChI=1S/C14H10O5/c15-13(16)9-6-7-11(14(17)18)12(8-9)19-10-4-2-1-3-5-10/h1-8H,(H,15,16)(H,17,18)/p-2. The van der Waals surface area contributed by atoms with Crippen molar-refractivity contribution in [3.8, 4) is 11.5 Å². The van der Waals surface area contributed by atoms with E-state index in [1.807, 2.05) is 0 Å². The first-order valence-electron chi connectivity index (χ1n) is 5.37. The summed E-state index contributed by atoms with van der Waals surface area (Å²) < 4.78 is 5.35. The highest BCUT2D eigenvalue weighted by Gasteiger charge is 2.08. The fourth-order valence-electron chi connectivity index (χ4n) is 1.52. The number of carboxylic acids is 2. The average molecular weight is 256 g/mol. The third-order valence-corrected chi connectivity index (χ3v) is 2.41. The van der Waals surface area contributed by atoms with Crippen LogP contribution in [0.3, 0.4) is 0 Å². The number of ether oxygens (including phenoxy) is 1. The Morgan fingerprint density at radius 3 is 2.16 bits per heavy atom. The third kappa shape index (κ3) is 2.90. The molecule has 2 aromatic carbocycles. The smallest absolute Gasteiger partial charge is 0.137 e. The molecule has 5 heteroatoms. The van der Waals surface area contributed by atoms with Crippen LogP contribution in [0.25, 0.3) is 0 Å². The molecule has 0 heterocycles. The lowest BCUT2D eigenvalue weighted by atomic mass is 10.1. The highest BCUT2D eigenvalue weighted by Crippen LogP contribution is 2.26. The molecule has 0 aliphatic carbocycles. The minimum absolute atomic E-state index is 0.104. The van der Waals surface area contributed by atoms with Gasteiger partial charge in [0.15, 0.2) is 0 Å². The van der Waals surface area contributed by atoms with Crippen LogP contribution < -0.4 is 14.9 Å². The lowest BCUT2D eigenvalue weighted by molar-refractivity contribution is -0.256. The second kappa shape index (κ2) is 5.22. The highest BCUT2D eigenvalue weighted by molar-refractivity contribution is 5.93. The van der Waals surface area contributed by atoms with E-state index < -0.39 is 11.9 Å². The molecule has 0 fully saturated rings. The van der Waals surface area contributed by atoms with Gasteiger partial charge in [-0.3, -0.25) is 0 Å². The lowest BCUT2D eigenvalue weighted by Crippen LogP contribution is -2.25. The number of aromatic carboxylic acids is 2. The molecule has 2 aromatic rings. The SMILES string of the molecule is O=C([O-])c1ccc(C(=O)[O-])c(Oc2ccccc2)c1. The first-order valence-corrected chi connectivity index (χ1v) is 5.37. The summed E-state index contributed by atoms with van der Waals surface area (Å²) in [4.78, 5) is 21.7. The van der Waals surface area contributed by atoms with Crippen molar-refractivity contribution >= 4 is 11.9 Å². The van der Waals surface area contributed by atoms with Crippen molar-refractivity contribution in [3.05, 3.63) is 59.7 Å². The van der Waals surface area contributed by atoms with E-state index in [0.717, 1.165) is 18.2 Å². The quantitative estimate of drug-likeness (QED) is 0.779. The van der Waals surface area contributed by atoms with Crippen LogP contribution >= 0.6 is 0 Å². The lowest BCUT2D eigenvalue weighted by Gasteiger charge is -2.14. The molecule has 0 aromatic heterocycles. The van der Waals surface area contributed by atoms with Gasteiger partial charge in [0.2, 0.25) is 0 Å². The Labute approximate surface area is 108 Å². The number of carboxylic acid groups (broad SMARTS) is 2. The highest BCUT2D eigenvalue weighted by atomic mass is 16.5. The minimum atomic E-state index is -1.45. The van der Waals surface area contributed by atoms with Crippen molar-refractivity contribution in [2.75, 3.05) is 0 Å². The Morgan fingerprint density at radius 1 is 0.895 bits per heavy atom. The second-order valence-electron chi connectivity index (χ2n) is 3.70. The Bertz CT molecular complexity index is 619. The predicted molar refractivity (Wildman–Crippen MR) is 61.6 cm³/mol. The fourth-order valence-corrected chi connectivity index (χ4v) is 1.52. The summed E-state index contributed by atoms with van der Waals surface area (Å²) in [6.07, 6.45) is 0. The van der Waals surface area contributed by atoms with Gasteiger partial charge < -0.3 is 24.5 Å². The van der Waals surface area contributed by atoms with Crippen LogP contribution in [0.5, 0.6) is 11.5 Å². The molecule has 19 heavy (non-hydrogen) atoms. The van der Waals surface area contributed by atoms with Gasteiger partial charge in [-0.05, 0) is 24.3 Å². The summed E-state index contributed by atoms with van der Waals surface area (Å²) in [5.41, 5.74) is -0.398. The van der Waals surface area contributed by atoms with Gasteiger partial charge in [0.25, 0.3) is 0 Å². The van der Waals surface area contributed by atoms with Crippen molar-refractivity contribution in [2.24, 2.45) is 0 Å². The molecule has 0 bridgehead atoms. The molecule has 0 radical (unpaired) electrons. The molecule has 0 atom stereocenters. The molecule has 0 saturated heterocycles. The summed E-state index contributed by atoms with van der Waals surface area (Å²) in [5.74, 6) is -2.58. The number of hydrogen-bond acceptors (Lipinski definition) is 5. The van der Waals surface area contributed by atoms with E-state index >= 15 is 0 Å². The first-order chi connectivity index (χ1) is 9.08. The van der Waals surface area contributed by atoms with Crippen molar-refractivity contribution in [1.29, 1.82) is 0 Å². The maximum atomic E-state index is 10.9. The maximum Gasteiger partial charge on any atom is 0.137 e. The molecule has 0 N–H and O–H groups in total. The van der Waals surface area contributed by atoms with Crippen molar-refractivity contribution < 1.29 is 24.5 Å². The number of rotatable bonds is 4. The van der Waals surface area contributed by atoms with Gasteiger partial charge in [-0.15, -0.1) is 0 Å². The van der Waals surface area contributed by atoms with Crippen molar-refractivity contribution in [3.63, 3.8) is 0 Å². The summed E-state index contributed by atoms with van der Waals surface area (Å²) >= 11 is 0. The van der Waals surface area contributed by atoms with Gasteiger partial charge in [-0.2, -0.15) is 0 Å². The number of carbonyl (C=O) groups excluding carboxylic acids is 2. The molecule has 5 nitrogen and oxygen atoms in total. The molecule has 0 amide bonds. The van der Waals surface area contributed by atoms with E-state index in [4.69, 9.17) is 4.74 Å². The molecule has 96 valence electrons. The Morgan fingerprint density at radius 2 is 1.58 bits per heavy atom. The van der Waals surface area contributed by atoms with Crippen molar-refractivity contribution in [1.82, 2.24) is 0 Å². The molecular formula is C14H8O5-2. The number of hydrogen-bond donors (Lipinski definition) is 0. The molecule has 0 unspecified atom stereocenters. The fraction of sp³-hybridized carbons (Fsp3) is 0. The molecule has 0 saturated carbocycles. The Balaban J connectivity index is 2.43. The van der Waals surface area contributed by atoms with Gasteiger partial charge in [0.1, 0.15) is 11.5 Å². The van der Waals surface area contributed by atoms with Gasteiger partial charge in [-0.25, -0.2) is 0 Å². The monoisotopic (exact) mass is 256 g/mol. The number of benzene rings is 2. The zero-order chi connectivity index (χ0) is 13.8. The normalized spacial score (nSPS) is 9.89. The van der Waals surface area contributed by atoms with Gasteiger partial charge >= 0.3 is 0 Å². The van der Waals surface area contributed by atoms with E-state index in [9.17, 15) is 19.8 Å². The van der Waals surface area contributed by atoms with E-state index in [-0.39, 0.29) is 16.9 Å². The third-order valence-electron chi connectivity index (χ3n) is 2.41. The van der Waals surface area contributed by atoms with Gasteiger partial charge in [0.05, 0.1) is 11.9 Å². The molecule has 2 rings (SSSR count). The summed E-state index contributed by atoms with van der Waals surface area (Å²) in [7, 11) is 0. The van der Waals surface area contributed by atoms with Gasteiger partial charge in [-0.1, -0.05) is 24.3 Å². The zero-order valence-corrected chi connectivity index (χ0v) is 9.66. The second-order valence-corrected chi connectivity index (χ2v) is 3.70. The van der Waals surface area contributed by atoms with Crippen LogP contribution in [0.4, 0.5) is 0 Å². The molecule has 0 aliphatic heterocycles. The minimum Gasteiger partial charge on any atom is -0.545 e. The molecular weight excluding hydrogens is 248 g/mol. The Hall–Kier alpha value is -2.82. The van der Waals surface area contributed by atoms with E-state index in [2.05, 4.69) is 0 Å². The van der Waals surface area contributed by atoms with Crippen LogP contribution in [0, 0.1) is 0 Å². The largest absolute Gasteiger partial charge is 0.545 e. The zero-order valence-electron chi connectivity index (χ0n) is 9.66. The summed E-state index contributed by atoms with van der Waals surface area (Å²) in [6.45, 7) is 0. The van der Waals surface area contributed by atoms with Crippen LogP contribution in [-0.2, 0) is 0 Å². The van der Waals surface area contributed by atoms with Crippen molar-refractivity contribution in [2.45, 2.75) is 0 Å². The molecule has 0 spiro atoms. The molecule has 0 aliphatic rings. The van der Waals surface area contributed by atoms with Crippen LogP contribution in [-0.4, -0.2) is 11.9 Å².